The molecule has 2 aliphatic rings. The highest BCUT2D eigenvalue weighted by Crippen LogP contribution is 2.34. The molecule has 1 amide bonds. The van der Waals surface area contributed by atoms with Gasteiger partial charge in [0.15, 0.2) is 0 Å². The SMILES string of the molecule is CCN(c1cc(-c2ccc(C[N+]3(O)CCOCC3)cc2)cc(C(=O)NCc2c(C)cc(C)[nH]c2=O)c1C)C1CCOCC1. The number of rotatable bonds is 9. The summed E-state index contributed by atoms with van der Waals surface area (Å²) < 4.78 is 11.1. The zero-order valence-corrected chi connectivity index (χ0v) is 25.9. The Kier molecular flexibility index (Phi) is 9.66. The highest BCUT2D eigenvalue weighted by atomic mass is 16.6. The van der Waals surface area contributed by atoms with Gasteiger partial charge in [-0.05, 0) is 81.0 Å². The Morgan fingerprint density at radius 2 is 1.67 bits per heavy atom. The summed E-state index contributed by atoms with van der Waals surface area (Å²) in [6.45, 7) is 13.1. The van der Waals surface area contributed by atoms with Crippen molar-refractivity contribution < 1.29 is 24.1 Å². The minimum absolute atomic E-state index is 0.0157. The van der Waals surface area contributed by atoms with Gasteiger partial charge in [0, 0.05) is 60.4 Å². The number of hydroxylamine groups is 3. The van der Waals surface area contributed by atoms with Crippen molar-refractivity contribution in [2.24, 2.45) is 0 Å². The number of aryl methyl sites for hydroxylation is 2. The molecule has 2 aliphatic heterocycles. The lowest BCUT2D eigenvalue weighted by atomic mass is 9.94. The van der Waals surface area contributed by atoms with E-state index in [-0.39, 0.29) is 22.7 Å². The van der Waals surface area contributed by atoms with E-state index in [9.17, 15) is 14.8 Å². The van der Waals surface area contributed by atoms with Gasteiger partial charge >= 0.3 is 0 Å². The Hall–Kier alpha value is -3.50. The number of anilines is 1. The van der Waals surface area contributed by atoms with Crippen LogP contribution in [-0.2, 0) is 22.6 Å². The Balaban J connectivity index is 1.47. The van der Waals surface area contributed by atoms with Gasteiger partial charge in [0.1, 0.15) is 19.6 Å². The number of quaternary nitrogens is 1. The van der Waals surface area contributed by atoms with Gasteiger partial charge in [-0.25, -0.2) is 5.21 Å². The number of carbonyl (C=O) groups is 1. The number of hydrogen-bond donors (Lipinski definition) is 3. The lowest BCUT2D eigenvalue weighted by Crippen LogP contribution is -2.51. The van der Waals surface area contributed by atoms with Gasteiger partial charge in [0.2, 0.25) is 0 Å². The van der Waals surface area contributed by atoms with Gasteiger partial charge in [-0.1, -0.05) is 24.3 Å². The molecule has 0 bridgehead atoms. The van der Waals surface area contributed by atoms with Crippen molar-refractivity contribution in [1.82, 2.24) is 10.3 Å². The first kappa shape index (κ1) is 30.9. The fourth-order valence-electron chi connectivity index (χ4n) is 6.37. The molecule has 0 saturated carbocycles. The van der Waals surface area contributed by atoms with Crippen LogP contribution in [-0.4, -0.2) is 72.8 Å². The Labute approximate surface area is 254 Å². The molecular formula is C34H45N4O5+. The molecule has 43 heavy (non-hydrogen) atoms. The van der Waals surface area contributed by atoms with E-state index >= 15 is 0 Å². The van der Waals surface area contributed by atoms with Crippen LogP contribution in [0.1, 0.15) is 58.1 Å². The van der Waals surface area contributed by atoms with Crippen LogP contribution >= 0.6 is 0 Å². The molecule has 2 fully saturated rings. The second-order valence-corrected chi connectivity index (χ2v) is 11.9. The van der Waals surface area contributed by atoms with Crippen LogP contribution in [0.4, 0.5) is 5.69 Å². The largest absolute Gasteiger partial charge is 0.381 e. The first-order valence-electron chi connectivity index (χ1n) is 15.4. The average Bonchev–Trinajstić information content (AvgIpc) is 2.99. The summed E-state index contributed by atoms with van der Waals surface area (Å²) in [5, 5.41) is 14.0. The van der Waals surface area contributed by atoms with E-state index in [1.165, 1.54) is 0 Å². The third kappa shape index (κ3) is 7.18. The second-order valence-electron chi connectivity index (χ2n) is 11.9. The number of ether oxygens (including phenoxy) is 2. The van der Waals surface area contributed by atoms with E-state index in [1.54, 1.807) is 0 Å². The molecular weight excluding hydrogens is 544 g/mol. The number of pyridine rings is 1. The molecule has 230 valence electrons. The predicted molar refractivity (Wildman–Crippen MR) is 167 cm³/mol. The fraction of sp³-hybridized carbons (Fsp3) is 0.471. The number of amides is 1. The smallest absolute Gasteiger partial charge is 0.253 e. The molecule has 2 saturated heterocycles. The normalized spacial score (nSPS) is 17.0. The molecule has 9 nitrogen and oxygen atoms in total. The molecule has 5 rings (SSSR count). The van der Waals surface area contributed by atoms with Gasteiger partial charge in [0.05, 0.1) is 13.2 Å². The predicted octanol–water partition coefficient (Wildman–Crippen LogP) is 4.64. The number of aromatic amines is 1. The van der Waals surface area contributed by atoms with Gasteiger partial charge in [-0.3, -0.25) is 9.59 Å². The molecule has 3 N–H and O–H groups in total. The van der Waals surface area contributed by atoms with Crippen LogP contribution in [0, 0.1) is 20.8 Å². The zero-order chi connectivity index (χ0) is 30.6. The van der Waals surface area contributed by atoms with E-state index in [0.29, 0.717) is 50.0 Å². The summed E-state index contributed by atoms with van der Waals surface area (Å²) in [6.07, 6.45) is 1.88. The average molecular weight is 590 g/mol. The van der Waals surface area contributed by atoms with Crippen LogP contribution < -0.4 is 15.8 Å². The topological polar surface area (TPSA) is 104 Å². The molecule has 0 unspecified atom stereocenters. The van der Waals surface area contributed by atoms with Crippen molar-refractivity contribution in [2.75, 3.05) is 51.0 Å². The van der Waals surface area contributed by atoms with Crippen LogP contribution in [0.15, 0.2) is 47.3 Å². The lowest BCUT2D eigenvalue weighted by Gasteiger charge is -2.37. The third-order valence-corrected chi connectivity index (χ3v) is 8.89. The van der Waals surface area contributed by atoms with Gasteiger partial charge in [-0.15, -0.1) is 0 Å². The summed E-state index contributed by atoms with van der Waals surface area (Å²) >= 11 is 0. The quantitative estimate of drug-likeness (QED) is 0.314. The second kappa shape index (κ2) is 13.4. The van der Waals surface area contributed by atoms with Crippen molar-refractivity contribution in [3.63, 3.8) is 0 Å². The van der Waals surface area contributed by atoms with Crippen LogP contribution in [0.25, 0.3) is 11.1 Å². The molecule has 0 spiro atoms. The van der Waals surface area contributed by atoms with E-state index in [2.05, 4.69) is 52.5 Å². The Morgan fingerprint density at radius 3 is 2.33 bits per heavy atom. The summed E-state index contributed by atoms with van der Waals surface area (Å²) in [5.41, 5.74) is 7.59. The lowest BCUT2D eigenvalue weighted by molar-refractivity contribution is -1.12. The van der Waals surface area contributed by atoms with Gasteiger partial charge < -0.3 is 24.7 Å². The van der Waals surface area contributed by atoms with E-state index in [1.807, 2.05) is 32.9 Å². The van der Waals surface area contributed by atoms with Crippen molar-refractivity contribution >= 4 is 11.6 Å². The highest BCUT2D eigenvalue weighted by molar-refractivity contribution is 5.99. The van der Waals surface area contributed by atoms with Gasteiger partial charge in [0.25, 0.3) is 11.5 Å². The molecule has 3 heterocycles. The number of aromatic nitrogens is 1. The van der Waals surface area contributed by atoms with Crippen molar-refractivity contribution in [3.05, 3.63) is 86.3 Å². The number of H-pyrrole nitrogens is 1. The molecule has 0 aliphatic carbocycles. The van der Waals surface area contributed by atoms with E-state index < -0.39 is 0 Å². The number of benzene rings is 2. The van der Waals surface area contributed by atoms with Gasteiger partial charge in [-0.2, -0.15) is 4.65 Å². The molecule has 0 radical (unpaired) electrons. The molecule has 3 aromatic rings. The van der Waals surface area contributed by atoms with Crippen molar-refractivity contribution in [2.45, 2.75) is 59.7 Å². The Bertz CT molecular complexity index is 1490. The number of nitrogens with one attached hydrogen (secondary N) is 2. The molecule has 1 aromatic heterocycles. The minimum atomic E-state index is -0.210. The maximum Gasteiger partial charge on any atom is 0.253 e. The molecule has 9 heteroatoms. The van der Waals surface area contributed by atoms with E-state index in [4.69, 9.17) is 9.47 Å². The summed E-state index contributed by atoms with van der Waals surface area (Å²) in [6, 6.07) is 14.6. The number of morpholine rings is 1. The first-order chi connectivity index (χ1) is 20.7. The van der Waals surface area contributed by atoms with E-state index in [0.717, 1.165) is 71.8 Å². The fourth-order valence-corrected chi connectivity index (χ4v) is 6.37. The standard InChI is InChI=1S/C34H44N4O5/c1-5-37(29-10-14-42-15-11-29)32-20-28(27-8-6-26(7-9-27)22-38(41)12-16-43-17-13-38)19-30(25(32)4)33(39)35-21-31-23(2)18-24(3)36-34(31)40/h6-9,18-20,29,41H,5,10-17,21-22H2,1-4H3,(H-,35,36,39,40)/p+1. The number of hydrogen-bond acceptors (Lipinski definition) is 6. The Morgan fingerprint density at radius 1 is 1.00 bits per heavy atom. The van der Waals surface area contributed by atoms with Crippen molar-refractivity contribution in [1.29, 1.82) is 0 Å². The summed E-state index contributed by atoms with van der Waals surface area (Å²) in [4.78, 5) is 31.6. The minimum Gasteiger partial charge on any atom is -0.381 e. The number of carbonyl (C=O) groups excluding carboxylic acids is 1. The molecule has 2 aromatic carbocycles. The summed E-state index contributed by atoms with van der Waals surface area (Å²) in [7, 11) is 0. The van der Waals surface area contributed by atoms with Crippen LogP contribution in [0.2, 0.25) is 0 Å². The highest BCUT2D eigenvalue weighted by Gasteiger charge is 2.29. The van der Waals surface area contributed by atoms with Crippen LogP contribution in [0.3, 0.4) is 0 Å². The van der Waals surface area contributed by atoms with Crippen molar-refractivity contribution in [3.8, 4) is 11.1 Å². The molecule has 0 atom stereocenters. The number of nitrogens with zero attached hydrogens (tertiary/aromatic N) is 2. The van der Waals surface area contributed by atoms with Crippen LogP contribution in [0.5, 0.6) is 0 Å². The maximum atomic E-state index is 13.8. The maximum absolute atomic E-state index is 13.8. The first-order valence-corrected chi connectivity index (χ1v) is 15.4. The third-order valence-electron chi connectivity index (χ3n) is 8.89. The summed E-state index contributed by atoms with van der Waals surface area (Å²) in [5.74, 6) is -0.210. The monoisotopic (exact) mass is 589 g/mol. The zero-order valence-electron chi connectivity index (χ0n) is 25.9.